The Kier molecular flexibility index (Phi) is 8.01. The number of benzene rings is 2. The van der Waals surface area contributed by atoms with Gasteiger partial charge in [-0.1, -0.05) is 0 Å². The van der Waals surface area contributed by atoms with E-state index in [9.17, 15) is 12.8 Å². The van der Waals surface area contributed by atoms with Crippen LogP contribution in [-0.4, -0.2) is 86.9 Å². The third-order valence-electron chi connectivity index (χ3n) is 7.42. The Morgan fingerprint density at radius 1 is 1.07 bits per heavy atom. The Labute approximate surface area is 244 Å². The summed E-state index contributed by atoms with van der Waals surface area (Å²) in [7, 11) is 3.50. The Morgan fingerprint density at radius 2 is 1.83 bits per heavy atom. The molecule has 5 rings (SSSR count). The van der Waals surface area contributed by atoms with Crippen LogP contribution >= 0.6 is 0 Å². The molecule has 0 amide bonds. The van der Waals surface area contributed by atoms with Crippen LogP contribution in [0.4, 0.5) is 38.9 Å². The number of rotatable bonds is 9. The summed E-state index contributed by atoms with van der Waals surface area (Å²) in [5.41, 5.74) is 4.06. The lowest BCUT2D eigenvalue weighted by Crippen LogP contribution is -2.31. The van der Waals surface area contributed by atoms with Crippen LogP contribution in [0.25, 0.3) is 11.0 Å². The highest BCUT2D eigenvalue weighted by Crippen LogP contribution is 2.38. The lowest BCUT2D eigenvalue weighted by Gasteiger charge is -2.24. The van der Waals surface area contributed by atoms with Gasteiger partial charge in [0.05, 0.1) is 36.5 Å². The second-order valence-corrected chi connectivity index (χ2v) is 12.5. The van der Waals surface area contributed by atoms with Crippen LogP contribution in [-0.2, 0) is 10.0 Å². The van der Waals surface area contributed by atoms with Crippen molar-refractivity contribution in [2.75, 3.05) is 67.4 Å². The maximum atomic E-state index is 15.0. The molecule has 4 aromatic rings. The van der Waals surface area contributed by atoms with Crippen molar-refractivity contribution in [1.82, 2.24) is 24.8 Å². The van der Waals surface area contributed by atoms with E-state index < -0.39 is 15.8 Å². The quantitative estimate of drug-likeness (QED) is 0.292. The lowest BCUT2D eigenvalue weighted by molar-refractivity contribution is 0.315. The van der Waals surface area contributed by atoms with E-state index >= 15 is 0 Å². The van der Waals surface area contributed by atoms with Crippen LogP contribution in [0.3, 0.4) is 0 Å². The van der Waals surface area contributed by atoms with Crippen molar-refractivity contribution in [3.05, 3.63) is 54.2 Å². The van der Waals surface area contributed by atoms with Crippen LogP contribution in [0, 0.1) is 12.7 Å². The van der Waals surface area contributed by atoms with Gasteiger partial charge in [0, 0.05) is 50.3 Å². The van der Waals surface area contributed by atoms with Gasteiger partial charge in [-0.2, -0.15) is 4.98 Å². The van der Waals surface area contributed by atoms with Gasteiger partial charge in [-0.25, -0.2) is 17.8 Å². The van der Waals surface area contributed by atoms with Gasteiger partial charge in [0.2, 0.25) is 16.0 Å². The van der Waals surface area contributed by atoms with E-state index in [1.807, 2.05) is 19.1 Å². The second-order valence-electron chi connectivity index (χ2n) is 10.4. The zero-order valence-electron chi connectivity index (χ0n) is 24.4. The monoisotopic (exact) mass is 595 g/mol. The van der Waals surface area contributed by atoms with Crippen molar-refractivity contribution in [2.24, 2.45) is 0 Å². The molecular formula is C28H34FN9O3S. The number of sulfonamides is 1. The summed E-state index contributed by atoms with van der Waals surface area (Å²) in [6.45, 7) is 3.91. The number of fused-ring (bicyclic) bond motifs is 1. The SMILES string of the molecule is COc1cc(N2CCC(N(C)C)C2)c(C)cc1Nc1ncc(F)c(Nc2ccc3nccnc3c2N(C)S(C)(=O)=O)n1. The summed E-state index contributed by atoms with van der Waals surface area (Å²) < 4.78 is 46.7. The van der Waals surface area contributed by atoms with Gasteiger partial charge in [0.15, 0.2) is 11.6 Å². The van der Waals surface area contributed by atoms with Crippen LogP contribution in [0.1, 0.15) is 12.0 Å². The Bertz CT molecular complexity index is 1740. The zero-order chi connectivity index (χ0) is 30.2. The third kappa shape index (κ3) is 5.85. The average Bonchev–Trinajstić information content (AvgIpc) is 3.44. The Balaban J connectivity index is 1.46. The van der Waals surface area contributed by atoms with Gasteiger partial charge in [0.1, 0.15) is 17.0 Å². The number of methoxy groups -OCH3 is 1. The Hall–Kier alpha value is -4.30. The fourth-order valence-electron chi connectivity index (χ4n) is 5.04. The summed E-state index contributed by atoms with van der Waals surface area (Å²) in [6, 6.07) is 7.70. The first-order valence-corrected chi connectivity index (χ1v) is 15.1. The molecule has 0 spiro atoms. The minimum atomic E-state index is -3.68. The van der Waals surface area contributed by atoms with Crippen molar-refractivity contribution < 1.29 is 17.5 Å². The van der Waals surface area contributed by atoms with E-state index in [0.29, 0.717) is 28.5 Å². The first kappa shape index (κ1) is 29.2. The van der Waals surface area contributed by atoms with Gasteiger partial charge in [-0.05, 0) is 51.2 Å². The van der Waals surface area contributed by atoms with Gasteiger partial charge >= 0.3 is 0 Å². The predicted molar refractivity (Wildman–Crippen MR) is 163 cm³/mol. The first-order chi connectivity index (χ1) is 20.0. The maximum Gasteiger partial charge on any atom is 0.232 e. The molecule has 0 aliphatic carbocycles. The Morgan fingerprint density at radius 3 is 2.52 bits per heavy atom. The number of aryl methyl sites for hydroxylation is 1. The maximum absolute atomic E-state index is 15.0. The highest BCUT2D eigenvalue weighted by atomic mass is 32.2. The summed E-state index contributed by atoms with van der Waals surface area (Å²) in [5.74, 6) is -0.165. The number of hydrogen-bond donors (Lipinski definition) is 2. The normalized spacial score (nSPS) is 15.3. The van der Waals surface area contributed by atoms with Gasteiger partial charge in [-0.15, -0.1) is 0 Å². The van der Waals surface area contributed by atoms with Gasteiger partial charge in [-0.3, -0.25) is 14.3 Å². The number of nitrogens with zero attached hydrogens (tertiary/aromatic N) is 7. The molecule has 42 heavy (non-hydrogen) atoms. The minimum Gasteiger partial charge on any atom is -0.494 e. The molecule has 0 saturated carbocycles. The number of ether oxygens (including phenoxy) is 1. The molecule has 14 heteroatoms. The second kappa shape index (κ2) is 11.5. The molecular weight excluding hydrogens is 561 g/mol. The molecule has 2 aromatic heterocycles. The van der Waals surface area contributed by atoms with E-state index in [1.54, 1.807) is 19.2 Å². The first-order valence-electron chi connectivity index (χ1n) is 13.3. The highest BCUT2D eigenvalue weighted by molar-refractivity contribution is 7.92. The number of aromatic nitrogens is 4. The highest BCUT2D eigenvalue weighted by Gasteiger charge is 2.26. The predicted octanol–water partition coefficient (Wildman–Crippen LogP) is 3.90. The molecule has 1 fully saturated rings. The molecule has 2 aromatic carbocycles. The molecule has 1 unspecified atom stereocenters. The van der Waals surface area contributed by atoms with Crippen LogP contribution in [0.2, 0.25) is 0 Å². The number of hydrogen-bond acceptors (Lipinski definition) is 11. The standard InChI is InChI=1S/C28H34FN9O3S/c1-17-13-22(24(41-5)14-23(17)38-12-9-18(16-38)36(2)3)34-28-32-15-19(29)27(35-28)33-21-8-7-20-25(31-11-10-30-20)26(21)37(4)42(6,39)40/h7-8,10-11,13-15,18H,9,12,16H2,1-6H3,(H2,32,33,34,35). The summed E-state index contributed by atoms with van der Waals surface area (Å²) in [5, 5.41) is 6.07. The fourth-order valence-corrected chi connectivity index (χ4v) is 5.55. The molecule has 3 heterocycles. The molecule has 1 atom stereocenters. The number of anilines is 6. The van der Waals surface area contributed by atoms with Crippen LogP contribution < -0.4 is 24.6 Å². The molecule has 1 aliphatic heterocycles. The summed E-state index contributed by atoms with van der Waals surface area (Å²) in [6.07, 6.45) is 6.17. The fraction of sp³-hybridized carbons (Fsp3) is 0.357. The molecule has 12 nitrogen and oxygen atoms in total. The summed E-state index contributed by atoms with van der Waals surface area (Å²) in [4.78, 5) is 21.7. The number of likely N-dealkylation sites (N-methyl/N-ethyl adjacent to an activating group) is 1. The van der Waals surface area contributed by atoms with E-state index in [2.05, 4.69) is 54.5 Å². The van der Waals surface area contributed by atoms with E-state index in [4.69, 9.17) is 4.74 Å². The average molecular weight is 596 g/mol. The van der Waals surface area contributed by atoms with E-state index in [0.717, 1.165) is 47.5 Å². The van der Waals surface area contributed by atoms with Crippen LogP contribution in [0.15, 0.2) is 42.9 Å². The zero-order valence-corrected chi connectivity index (χ0v) is 25.2. The van der Waals surface area contributed by atoms with Crippen molar-refractivity contribution in [2.45, 2.75) is 19.4 Å². The van der Waals surface area contributed by atoms with E-state index in [1.165, 1.54) is 19.4 Å². The van der Waals surface area contributed by atoms with Crippen LogP contribution in [0.5, 0.6) is 5.75 Å². The molecule has 0 bridgehead atoms. The molecule has 0 radical (unpaired) electrons. The van der Waals surface area contributed by atoms with Crippen molar-refractivity contribution in [3.63, 3.8) is 0 Å². The number of nitrogens with one attached hydrogen (secondary N) is 2. The van der Waals surface area contributed by atoms with Crippen molar-refractivity contribution >= 4 is 55.6 Å². The number of halogens is 1. The molecule has 1 saturated heterocycles. The van der Waals surface area contributed by atoms with Gasteiger partial charge < -0.3 is 25.2 Å². The topological polar surface area (TPSA) is 129 Å². The van der Waals surface area contributed by atoms with Gasteiger partial charge in [0.25, 0.3) is 0 Å². The largest absolute Gasteiger partial charge is 0.494 e. The molecule has 2 N–H and O–H groups in total. The van der Waals surface area contributed by atoms with Crippen molar-refractivity contribution in [3.8, 4) is 5.75 Å². The molecule has 222 valence electrons. The molecule has 1 aliphatic rings. The van der Waals surface area contributed by atoms with E-state index in [-0.39, 0.29) is 23.1 Å². The summed E-state index contributed by atoms with van der Waals surface area (Å²) >= 11 is 0. The third-order valence-corrected chi connectivity index (χ3v) is 8.60. The minimum absolute atomic E-state index is 0.122. The smallest absolute Gasteiger partial charge is 0.232 e. The van der Waals surface area contributed by atoms with Crippen molar-refractivity contribution in [1.29, 1.82) is 0 Å². The lowest BCUT2D eigenvalue weighted by atomic mass is 10.1.